The van der Waals surface area contributed by atoms with E-state index in [0.29, 0.717) is 10.6 Å². The van der Waals surface area contributed by atoms with Crippen LogP contribution in [0.2, 0.25) is 0 Å². The van der Waals surface area contributed by atoms with Gasteiger partial charge in [0.05, 0.1) is 12.0 Å². The Balaban J connectivity index is 2.50. The van der Waals surface area contributed by atoms with Gasteiger partial charge >= 0.3 is 12.1 Å². The fourth-order valence-corrected chi connectivity index (χ4v) is 4.32. The molecule has 0 aliphatic heterocycles. The van der Waals surface area contributed by atoms with Crippen LogP contribution in [-0.2, 0) is 22.2 Å². The van der Waals surface area contributed by atoms with E-state index in [-0.39, 0.29) is 17.4 Å². The van der Waals surface area contributed by atoms with Crippen LogP contribution in [0.15, 0.2) is 40.1 Å². The smallest absolute Gasteiger partial charge is 0.416 e. The molecule has 0 spiro atoms. The van der Waals surface area contributed by atoms with Crippen LogP contribution in [0.3, 0.4) is 0 Å². The monoisotopic (exact) mass is 467 g/mol. The topological polar surface area (TPSA) is 66.4 Å². The van der Waals surface area contributed by atoms with Crippen LogP contribution in [-0.4, -0.2) is 17.0 Å². The molecule has 0 bridgehead atoms. The van der Waals surface area contributed by atoms with Gasteiger partial charge in [0.25, 0.3) is 0 Å². The highest BCUT2D eigenvalue weighted by Gasteiger charge is 2.31. The molecule has 0 radical (unpaired) electrons. The Morgan fingerprint density at radius 3 is 2.22 bits per heavy atom. The van der Waals surface area contributed by atoms with Crippen molar-refractivity contribution in [3.63, 3.8) is 0 Å². The van der Waals surface area contributed by atoms with Crippen LogP contribution >= 0.6 is 11.8 Å². The first-order chi connectivity index (χ1) is 14.6. The molecule has 2 N–H and O–H groups in total. The molecule has 2 aromatic rings. The minimum Gasteiger partial charge on any atom is -0.481 e. The second-order valence-corrected chi connectivity index (χ2v) is 10.2. The van der Waals surface area contributed by atoms with Crippen LogP contribution in [0.1, 0.15) is 62.8 Å². The predicted octanol–water partition coefficient (Wildman–Crippen LogP) is 6.90. The second kappa shape index (κ2) is 9.57. The van der Waals surface area contributed by atoms with Crippen molar-refractivity contribution in [2.45, 2.75) is 69.8 Å². The molecular weight excluding hydrogens is 439 g/mol. The molecule has 32 heavy (non-hydrogen) atoms. The summed E-state index contributed by atoms with van der Waals surface area (Å²) in [6, 6.07) is 6.90. The van der Waals surface area contributed by atoms with Crippen molar-refractivity contribution in [2.24, 2.45) is 5.41 Å². The summed E-state index contributed by atoms with van der Waals surface area (Å²) in [6.45, 7) is 11.3. The van der Waals surface area contributed by atoms with Crippen molar-refractivity contribution in [1.82, 2.24) is 0 Å². The molecule has 0 heterocycles. The second-order valence-electron chi connectivity index (χ2n) is 9.04. The Kier molecular flexibility index (Phi) is 7.71. The van der Waals surface area contributed by atoms with Gasteiger partial charge in [-0.2, -0.15) is 13.2 Å². The number of alkyl halides is 3. The summed E-state index contributed by atoms with van der Waals surface area (Å²) in [6.07, 6.45) is -5.07. The highest BCUT2D eigenvalue weighted by Crippen LogP contribution is 2.40. The van der Waals surface area contributed by atoms with Gasteiger partial charge in [0.15, 0.2) is 0 Å². The molecule has 0 aliphatic carbocycles. The first-order valence-electron chi connectivity index (χ1n) is 10.2. The average molecular weight is 468 g/mol. The Morgan fingerprint density at radius 1 is 1.09 bits per heavy atom. The summed E-state index contributed by atoms with van der Waals surface area (Å²) in [7, 11) is 0. The number of carbonyl (C=O) groups is 2. The number of carbonyl (C=O) groups excluding carboxylic acids is 1. The van der Waals surface area contributed by atoms with Crippen molar-refractivity contribution in [3.05, 3.63) is 52.6 Å². The quantitative estimate of drug-likeness (QED) is 0.485. The maximum Gasteiger partial charge on any atom is 0.416 e. The molecular formula is C24H28F3NO3S. The largest absolute Gasteiger partial charge is 0.481 e. The minimum atomic E-state index is -4.58. The lowest BCUT2D eigenvalue weighted by atomic mass is 9.93. The van der Waals surface area contributed by atoms with E-state index >= 15 is 0 Å². The molecule has 0 fully saturated rings. The normalized spacial score (nSPS) is 12.2. The van der Waals surface area contributed by atoms with E-state index in [2.05, 4.69) is 5.32 Å². The van der Waals surface area contributed by atoms with E-state index in [0.717, 1.165) is 39.9 Å². The number of amides is 1. The number of benzene rings is 2. The lowest BCUT2D eigenvalue weighted by Gasteiger charge is -2.23. The number of hydrogen-bond acceptors (Lipinski definition) is 3. The molecule has 4 nitrogen and oxygen atoms in total. The Bertz CT molecular complexity index is 1020. The highest BCUT2D eigenvalue weighted by atomic mass is 32.2. The molecule has 8 heteroatoms. The van der Waals surface area contributed by atoms with Gasteiger partial charge in [0, 0.05) is 20.9 Å². The Labute approximate surface area is 190 Å². The van der Waals surface area contributed by atoms with Gasteiger partial charge < -0.3 is 10.4 Å². The summed E-state index contributed by atoms with van der Waals surface area (Å²) in [4.78, 5) is 24.6. The van der Waals surface area contributed by atoms with Crippen LogP contribution in [0.5, 0.6) is 0 Å². The SMILES string of the molecule is Cc1c(Sc2cc(CC(=O)O)cc(C(F)(F)F)c2)ccc(NC(=O)C(C)(C)C)c1C(C)C. The molecule has 0 saturated heterocycles. The summed E-state index contributed by atoms with van der Waals surface area (Å²) in [5, 5.41) is 12.0. The number of anilines is 1. The van der Waals surface area contributed by atoms with E-state index in [1.807, 2.05) is 41.5 Å². The fraction of sp³-hybridized carbons (Fsp3) is 0.417. The van der Waals surface area contributed by atoms with E-state index in [1.54, 1.807) is 12.1 Å². The Morgan fingerprint density at radius 2 is 1.72 bits per heavy atom. The van der Waals surface area contributed by atoms with Crippen LogP contribution in [0.25, 0.3) is 0 Å². The molecule has 1 amide bonds. The number of carboxylic acids is 1. The minimum absolute atomic E-state index is 0.0647. The lowest BCUT2D eigenvalue weighted by molar-refractivity contribution is -0.139. The van der Waals surface area contributed by atoms with Crippen LogP contribution < -0.4 is 5.32 Å². The molecule has 0 saturated carbocycles. The number of rotatable bonds is 6. The van der Waals surface area contributed by atoms with Crippen molar-refractivity contribution in [3.8, 4) is 0 Å². The number of halogens is 3. The van der Waals surface area contributed by atoms with E-state index in [1.165, 1.54) is 6.07 Å². The maximum absolute atomic E-state index is 13.3. The summed E-state index contributed by atoms with van der Waals surface area (Å²) >= 11 is 1.14. The van der Waals surface area contributed by atoms with Crippen molar-refractivity contribution in [1.29, 1.82) is 0 Å². The van der Waals surface area contributed by atoms with Gasteiger partial charge in [-0.25, -0.2) is 0 Å². The molecule has 0 atom stereocenters. The lowest BCUT2D eigenvalue weighted by Crippen LogP contribution is -2.28. The number of hydrogen-bond donors (Lipinski definition) is 2. The maximum atomic E-state index is 13.3. The van der Waals surface area contributed by atoms with Crippen molar-refractivity contribution < 1.29 is 27.9 Å². The average Bonchev–Trinajstić information content (AvgIpc) is 2.61. The third-order valence-electron chi connectivity index (χ3n) is 4.85. The van der Waals surface area contributed by atoms with Gasteiger partial charge in [0.1, 0.15) is 0 Å². The van der Waals surface area contributed by atoms with Crippen molar-refractivity contribution in [2.75, 3.05) is 5.32 Å². The van der Waals surface area contributed by atoms with E-state index < -0.39 is 29.5 Å². The molecule has 0 unspecified atom stereocenters. The first kappa shape index (κ1) is 25.8. The number of aliphatic carboxylic acids is 1. The summed E-state index contributed by atoms with van der Waals surface area (Å²) in [5.74, 6) is -1.26. The third kappa shape index (κ3) is 6.51. The van der Waals surface area contributed by atoms with Gasteiger partial charge in [-0.05, 0) is 59.9 Å². The van der Waals surface area contributed by atoms with Gasteiger partial charge in [-0.1, -0.05) is 46.4 Å². The zero-order valence-corrected chi connectivity index (χ0v) is 19.8. The standard InChI is InChI=1S/C24H28F3NO3S/c1-13(2)21-14(3)19(8-7-18(21)28-22(31)23(4,5)6)32-17-10-15(11-20(29)30)9-16(12-17)24(25,26)27/h7-10,12-13H,11H2,1-6H3,(H,28,31)(H,29,30). The zero-order chi connectivity index (χ0) is 24.4. The molecule has 0 aliphatic rings. The van der Waals surface area contributed by atoms with E-state index in [9.17, 15) is 22.8 Å². The van der Waals surface area contributed by atoms with E-state index in [4.69, 9.17) is 5.11 Å². The molecule has 174 valence electrons. The molecule has 2 aromatic carbocycles. The highest BCUT2D eigenvalue weighted by molar-refractivity contribution is 7.99. The number of carboxylic acid groups (broad SMARTS) is 1. The predicted molar refractivity (Wildman–Crippen MR) is 120 cm³/mol. The summed E-state index contributed by atoms with van der Waals surface area (Å²) in [5.41, 5.74) is 1.07. The van der Waals surface area contributed by atoms with Crippen LogP contribution in [0.4, 0.5) is 18.9 Å². The zero-order valence-electron chi connectivity index (χ0n) is 19.0. The van der Waals surface area contributed by atoms with Gasteiger partial charge in [-0.15, -0.1) is 0 Å². The third-order valence-corrected chi connectivity index (χ3v) is 5.98. The number of nitrogens with one attached hydrogen (secondary N) is 1. The van der Waals surface area contributed by atoms with Crippen molar-refractivity contribution >= 4 is 29.3 Å². The molecule has 0 aromatic heterocycles. The first-order valence-corrected chi connectivity index (χ1v) is 11.0. The Hall–Kier alpha value is -2.48. The fourth-order valence-electron chi connectivity index (χ4n) is 3.27. The van der Waals surface area contributed by atoms with Gasteiger partial charge in [-0.3, -0.25) is 9.59 Å². The van der Waals surface area contributed by atoms with Crippen LogP contribution in [0, 0.1) is 12.3 Å². The van der Waals surface area contributed by atoms with Gasteiger partial charge in [0.2, 0.25) is 5.91 Å². The molecule has 2 rings (SSSR count). The summed E-state index contributed by atoms with van der Waals surface area (Å²) < 4.78 is 40.0.